The summed E-state index contributed by atoms with van der Waals surface area (Å²) in [7, 11) is 1.47. The van der Waals surface area contributed by atoms with Gasteiger partial charge in [-0.25, -0.2) is 0 Å². The van der Waals surface area contributed by atoms with Crippen molar-refractivity contribution in [2.75, 3.05) is 7.11 Å². The normalized spacial score (nSPS) is 10.9. The topological polar surface area (TPSA) is 113 Å². The van der Waals surface area contributed by atoms with Crippen LogP contribution in [0.15, 0.2) is 22.7 Å². The summed E-state index contributed by atoms with van der Waals surface area (Å²) in [6, 6.07) is 4.48. The first-order chi connectivity index (χ1) is 11.8. The highest BCUT2D eigenvalue weighted by Gasteiger charge is 2.30. The summed E-state index contributed by atoms with van der Waals surface area (Å²) in [5, 5.41) is 34.0. The smallest absolute Gasteiger partial charge is 0.426 e. The predicted molar refractivity (Wildman–Crippen MR) is 86.9 cm³/mol. The maximum atomic E-state index is 10.2. The van der Waals surface area contributed by atoms with E-state index in [-0.39, 0.29) is 33.7 Å². The van der Waals surface area contributed by atoms with Crippen molar-refractivity contribution >= 4 is 11.6 Å². The van der Waals surface area contributed by atoms with Gasteiger partial charge in [0, 0.05) is 18.6 Å². The van der Waals surface area contributed by atoms with Gasteiger partial charge < -0.3 is 19.5 Å². The Hall–Kier alpha value is -3.00. The Morgan fingerprint density at radius 1 is 1.20 bits per heavy atom. The number of nitrogens with zero attached hydrogens (tertiary/aromatic N) is 3. The Morgan fingerprint density at radius 2 is 1.92 bits per heavy atom. The number of aromatic hydroxyl groups is 2. The molecule has 0 unspecified atom stereocenters. The van der Waals surface area contributed by atoms with E-state index in [4.69, 9.17) is 20.9 Å². The standard InChI is InChI=1S/C16H14ClN3O5/c1-7-12(16(22)20(23)8(2)13(7)17)14-18-15(25-19-14)9-4-10(21)6-11(5-9)24-3/h4-6,21,23H,1-3H3/p+1. The van der Waals surface area contributed by atoms with Gasteiger partial charge in [0.15, 0.2) is 0 Å². The molecule has 0 fully saturated rings. The third kappa shape index (κ3) is 2.80. The molecule has 0 saturated heterocycles. The lowest BCUT2D eigenvalue weighted by Crippen LogP contribution is -2.35. The number of hydrogen-bond donors (Lipinski definition) is 3. The molecular weight excluding hydrogens is 350 g/mol. The first kappa shape index (κ1) is 16.8. The number of phenolic OH excluding ortho intramolecular Hbond substituents is 1. The number of ether oxygens (including phenoxy) is 1. The molecule has 2 aromatic heterocycles. The highest BCUT2D eigenvalue weighted by Crippen LogP contribution is 2.35. The average molecular weight is 365 g/mol. The van der Waals surface area contributed by atoms with Gasteiger partial charge in [-0.2, -0.15) is 4.98 Å². The van der Waals surface area contributed by atoms with E-state index in [9.17, 15) is 15.4 Å². The maximum absolute atomic E-state index is 10.2. The molecule has 25 heavy (non-hydrogen) atoms. The quantitative estimate of drug-likeness (QED) is 0.483. The van der Waals surface area contributed by atoms with Crippen molar-refractivity contribution in [2.45, 2.75) is 13.8 Å². The molecule has 3 rings (SSSR count). The Kier molecular flexibility index (Phi) is 4.13. The van der Waals surface area contributed by atoms with Crippen molar-refractivity contribution < 1.29 is 29.4 Å². The fourth-order valence-electron chi connectivity index (χ4n) is 2.44. The Morgan fingerprint density at radius 3 is 2.60 bits per heavy atom. The lowest BCUT2D eigenvalue weighted by atomic mass is 10.1. The number of methoxy groups -OCH3 is 1. The number of hydrogen-bond acceptors (Lipinski definition) is 7. The maximum Gasteiger partial charge on any atom is 0.426 e. The van der Waals surface area contributed by atoms with Crippen LogP contribution >= 0.6 is 11.6 Å². The summed E-state index contributed by atoms with van der Waals surface area (Å²) in [5.74, 6) is 0.0708. The minimum absolute atomic E-state index is 0.0280. The van der Waals surface area contributed by atoms with Crippen molar-refractivity contribution in [1.82, 2.24) is 10.1 Å². The second kappa shape index (κ2) is 6.14. The molecule has 2 heterocycles. The lowest BCUT2D eigenvalue weighted by Gasteiger charge is -2.04. The molecule has 3 N–H and O–H groups in total. The number of rotatable bonds is 3. The second-order valence-electron chi connectivity index (χ2n) is 5.38. The molecule has 0 saturated carbocycles. The third-order valence-electron chi connectivity index (χ3n) is 3.79. The number of aromatic nitrogens is 3. The number of pyridine rings is 1. The van der Waals surface area contributed by atoms with Crippen molar-refractivity contribution in [3.05, 3.63) is 34.5 Å². The molecule has 130 valence electrons. The van der Waals surface area contributed by atoms with Crippen LogP contribution in [-0.4, -0.2) is 32.7 Å². The van der Waals surface area contributed by atoms with E-state index in [1.54, 1.807) is 19.9 Å². The van der Waals surface area contributed by atoms with Gasteiger partial charge in [0.2, 0.25) is 5.82 Å². The minimum atomic E-state index is -0.458. The molecule has 0 aliphatic heterocycles. The first-order valence-corrected chi connectivity index (χ1v) is 7.56. The van der Waals surface area contributed by atoms with Gasteiger partial charge in [-0.3, -0.25) is 5.21 Å². The second-order valence-corrected chi connectivity index (χ2v) is 5.76. The Labute approximate surface area is 147 Å². The van der Waals surface area contributed by atoms with Crippen LogP contribution in [0.1, 0.15) is 11.3 Å². The zero-order valence-corrected chi connectivity index (χ0v) is 14.4. The van der Waals surface area contributed by atoms with E-state index in [1.165, 1.54) is 19.2 Å². The van der Waals surface area contributed by atoms with Crippen molar-refractivity contribution in [3.63, 3.8) is 0 Å². The van der Waals surface area contributed by atoms with E-state index < -0.39 is 5.88 Å². The molecule has 0 atom stereocenters. The molecule has 3 aromatic rings. The predicted octanol–water partition coefficient (Wildman–Crippen LogP) is 2.62. The molecule has 0 spiro atoms. The molecule has 9 heteroatoms. The van der Waals surface area contributed by atoms with Crippen LogP contribution < -0.4 is 9.47 Å². The number of phenols is 1. The SMILES string of the molecule is COc1cc(O)cc(-c2nc(-c3c(C)c(Cl)c(C)[n+](O)c3O)no2)c1. The van der Waals surface area contributed by atoms with Crippen LogP contribution in [0, 0.1) is 13.8 Å². The molecule has 0 amide bonds. The monoisotopic (exact) mass is 364 g/mol. The molecule has 1 aromatic carbocycles. The van der Waals surface area contributed by atoms with E-state index in [2.05, 4.69) is 10.1 Å². The van der Waals surface area contributed by atoms with E-state index in [1.807, 2.05) is 0 Å². The van der Waals surface area contributed by atoms with Crippen LogP contribution in [0.2, 0.25) is 5.02 Å². The fourth-order valence-corrected chi connectivity index (χ4v) is 2.62. The minimum Gasteiger partial charge on any atom is -0.508 e. The van der Waals surface area contributed by atoms with E-state index in [0.29, 0.717) is 21.6 Å². The summed E-state index contributed by atoms with van der Waals surface area (Å²) in [5.41, 5.74) is 1.34. The summed E-state index contributed by atoms with van der Waals surface area (Å²) >= 11 is 6.17. The first-order valence-electron chi connectivity index (χ1n) is 7.19. The molecule has 0 radical (unpaired) electrons. The fraction of sp³-hybridized carbons (Fsp3) is 0.188. The summed E-state index contributed by atoms with van der Waals surface area (Å²) in [6.07, 6.45) is 0. The molecule has 8 nitrogen and oxygen atoms in total. The van der Waals surface area contributed by atoms with Gasteiger partial charge in [-0.1, -0.05) is 16.8 Å². The van der Waals surface area contributed by atoms with Gasteiger partial charge in [-0.15, -0.1) is 0 Å². The zero-order valence-electron chi connectivity index (χ0n) is 13.6. The molecule has 0 aliphatic rings. The zero-order chi connectivity index (χ0) is 18.3. The van der Waals surface area contributed by atoms with Crippen LogP contribution in [0.5, 0.6) is 17.4 Å². The Bertz CT molecular complexity index is 942. The number of benzene rings is 1. The van der Waals surface area contributed by atoms with Crippen LogP contribution in [0.25, 0.3) is 22.8 Å². The summed E-state index contributed by atoms with van der Waals surface area (Å²) in [6.45, 7) is 3.22. The average Bonchev–Trinajstić information content (AvgIpc) is 3.07. The van der Waals surface area contributed by atoms with Gasteiger partial charge in [0.05, 0.1) is 11.8 Å². The summed E-state index contributed by atoms with van der Waals surface area (Å²) in [4.78, 5) is 4.21. The van der Waals surface area contributed by atoms with Gasteiger partial charge in [0.1, 0.15) is 22.1 Å². The number of halogens is 1. The highest BCUT2D eigenvalue weighted by molar-refractivity contribution is 6.32. The van der Waals surface area contributed by atoms with Crippen molar-refractivity contribution in [1.29, 1.82) is 0 Å². The van der Waals surface area contributed by atoms with Crippen LogP contribution in [-0.2, 0) is 0 Å². The van der Waals surface area contributed by atoms with Gasteiger partial charge >= 0.3 is 5.88 Å². The third-order valence-corrected chi connectivity index (χ3v) is 4.34. The van der Waals surface area contributed by atoms with Crippen molar-refractivity contribution in [3.8, 4) is 40.2 Å². The lowest BCUT2D eigenvalue weighted by molar-refractivity contribution is -0.910. The van der Waals surface area contributed by atoms with Gasteiger partial charge in [0.25, 0.3) is 11.6 Å². The molecule has 0 bridgehead atoms. The van der Waals surface area contributed by atoms with E-state index >= 15 is 0 Å². The van der Waals surface area contributed by atoms with Crippen LogP contribution in [0.4, 0.5) is 0 Å². The van der Waals surface area contributed by atoms with Crippen LogP contribution in [0.3, 0.4) is 0 Å². The Balaban J connectivity index is 2.14. The van der Waals surface area contributed by atoms with E-state index in [0.717, 1.165) is 0 Å². The molecule has 0 aliphatic carbocycles. The van der Waals surface area contributed by atoms with Crippen molar-refractivity contribution in [2.24, 2.45) is 0 Å². The largest absolute Gasteiger partial charge is 0.508 e. The highest BCUT2D eigenvalue weighted by atomic mass is 35.5. The van der Waals surface area contributed by atoms with Gasteiger partial charge in [-0.05, 0) is 24.6 Å². The molecular formula is C16H15ClN3O5+. The summed E-state index contributed by atoms with van der Waals surface area (Å²) < 4.78 is 10.8.